The number of likely N-dealkylation sites (tertiary alicyclic amines) is 1. The van der Waals surface area contributed by atoms with Crippen LogP contribution in [0.5, 0.6) is 0 Å². The normalized spacial score (nSPS) is 16.7. The summed E-state index contributed by atoms with van der Waals surface area (Å²) in [7, 11) is 0. The van der Waals surface area contributed by atoms with Gasteiger partial charge in [0.2, 0.25) is 5.91 Å². The minimum atomic E-state index is 0.0855. The summed E-state index contributed by atoms with van der Waals surface area (Å²) < 4.78 is 0. The summed E-state index contributed by atoms with van der Waals surface area (Å²) >= 11 is 12.1. The predicted molar refractivity (Wildman–Crippen MR) is 117 cm³/mol. The van der Waals surface area contributed by atoms with Gasteiger partial charge in [0.15, 0.2) is 0 Å². The Kier molecular flexibility index (Phi) is 7.39. The average molecular weight is 419 g/mol. The lowest BCUT2D eigenvalue weighted by molar-refractivity contribution is -0.127. The second-order valence-corrected chi connectivity index (χ2v) is 8.49. The van der Waals surface area contributed by atoms with Crippen LogP contribution < -0.4 is 5.32 Å². The molecule has 0 spiro atoms. The first-order valence-corrected chi connectivity index (χ1v) is 10.7. The summed E-state index contributed by atoms with van der Waals surface area (Å²) in [5.41, 5.74) is 3.57. The highest BCUT2D eigenvalue weighted by atomic mass is 35.5. The summed E-state index contributed by atoms with van der Waals surface area (Å²) in [5, 5.41) is 4.44. The summed E-state index contributed by atoms with van der Waals surface area (Å²) in [6.07, 6.45) is 2.67. The van der Waals surface area contributed by atoms with E-state index < -0.39 is 0 Å². The van der Waals surface area contributed by atoms with Crippen LogP contribution in [0.1, 0.15) is 48.9 Å². The molecular weight excluding hydrogens is 391 g/mol. The Morgan fingerprint density at radius 3 is 2.39 bits per heavy atom. The van der Waals surface area contributed by atoms with E-state index in [4.69, 9.17) is 23.2 Å². The third kappa shape index (κ3) is 5.50. The van der Waals surface area contributed by atoms with Gasteiger partial charge < -0.3 is 5.32 Å². The number of carbonyl (C=O) groups excluding carboxylic acids is 1. The van der Waals surface area contributed by atoms with Crippen LogP contribution in [0.2, 0.25) is 10.0 Å². The maximum absolute atomic E-state index is 12.8. The molecule has 0 aliphatic carbocycles. The lowest BCUT2D eigenvalue weighted by atomic mass is 9.94. The minimum absolute atomic E-state index is 0.0855. The van der Waals surface area contributed by atoms with E-state index in [1.54, 1.807) is 0 Å². The molecule has 1 aliphatic heterocycles. The lowest BCUT2D eigenvalue weighted by Crippen LogP contribution is -2.41. The van der Waals surface area contributed by atoms with Gasteiger partial charge in [-0.2, -0.15) is 0 Å². The fourth-order valence-electron chi connectivity index (χ4n) is 3.76. The Balaban J connectivity index is 1.51. The number of hydrogen-bond acceptors (Lipinski definition) is 2. The monoisotopic (exact) mass is 418 g/mol. The van der Waals surface area contributed by atoms with E-state index in [1.165, 1.54) is 11.1 Å². The number of halogens is 2. The van der Waals surface area contributed by atoms with E-state index in [1.807, 2.05) is 18.2 Å². The fourth-order valence-corrected chi connectivity index (χ4v) is 4.08. The van der Waals surface area contributed by atoms with Crippen LogP contribution in [0.15, 0.2) is 42.5 Å². The predicted octanol–water partition coefficient (Wildman–Crippen LogP) is 5.78. The number of nitrogens with zero attached hydrogens (tertiary/aromatic N) is 1. The lowest BCUT2D eigenvalue weighted by Gasteiger charge is -2.32. The average Bonchev–Trinajstić information content (AvgIpc) is 2.70. The van der Waals surface area contributed by atoms with Gasteiger partial charge in [0.05, 0.1) is 16.1 Å². The molecule has 0 radical (unpaired) electrons. The van der Waals surface area contributed by atoms with E-state index >= 15 is 0 Å². The standard InChI is InChI=1S/C23H28Cl2N2O/c1-3-22(18-7-4-16(2)5-8-18)26-23(28)19-10-12-27(13-11-19)15-17-6-9-20(24)21(25)14-17/h4-9,14,19,22H,3,10-13,15H2,1-2H3,(H,26,28)/t22-/m0/s1. The zero-order valence-electron chi connectivity index (χ0n) is 16.6. The van der Waals surface area contributed by atoms with Crippen LogP contribution >= 0.6 is 23.2 Å². The van der Waals surface area contributed by atoms with Crippen LogP contribution in [0.4, 0.5) is 0 Å². The number of benzene rings is 2. The highest BCUT2D eigenvalue weighted by Crippen LogP contribution is 2.26. The molecule has 3 nitrogen and oxygen atoms in total. The van der Waals surface area contributed by atoms with E-state index in [-0.39, 0.29) is 17.9 Å². The number of amides is 1. The van der Waals surface area contributed by atoms with Crippen LogP contribution in [-0.4, -0.2) is 23.9 Å². The number of nitrogens with one attached hydrogen (secondary N) is 1. The van der Waals surface area contributed by atoms with Gasteiger partial charge in [-0.05, 0) is 62.5 Å². The second kappa shape index (κ2) is 9.78. The summed E-state index contributed by atoms with van der Waals surface area (Å²) in [6, 6.07) is 14.3. The molecule has 1 saturated heterocycles. The molecule has 1 heterocycles. The van der Waals surface area contributed by atoms with Gasteiger partial charge in [-0.15, -0.1) is 0 Å². The molecule has 1 aliphatic rings. The molecule has 150 valence electrons. The van der Waals surface area contributed by atoms with Crippen molar-refractivity contribution < 1.29 is 4.79 Å². The van der Waals surface area contributed by atoms with Crippen LogP contribution in [0.3, 0.4) is 0 Å². The molecule has 0 bridgehead atoms. The Labute approximate surface area is 178 Å². The molecule has 0 unspecified atom stereocenters. The highest BCUT2D eigenvalue weighted by molar-refractivity contribution is 6.42. The van der Waals surface area contributed by atoms with Crippen LogP contribution in [-0.2, 0) is 11.3 Å². The summed E-state index contributed by atoms with van der Waals surface area (Å²) in [6.45, 7) is 6.87. The molecule has 28 heavy (non-hydrogen) atoms. The smallest absolute Gasteiger partial charge is 0.223 e. The van der Waals surface area contributed by atoms with Crippen molar-refractivity contribution in [2.24, 2.45) is 5.92 Å². The molecule has 0 saturated carbocycles. The van der Waals surface area contributed by atoms with Crippen molar-refractivity contribution in [1.82, 2.24) is 10.2 Å². The highest BCUT2D eigenvalue weighted by Gasteiger charge is 2.26. The van der Waals surface area contributed by atoms with Crippen LogP contribution in [0, 0.1) is 12.8 Å². The second-order valence-electron chi connectivity index (χ2n) is 7.68. The van der Waals surface area contributed by atoms with Crippen molar-refractivity contribution in [3.05, 3.63) is 69.2 Å². The number of carbonyl (C=O) groups is 1. The number of piperidine rings is 1. The third-order valence-electron chi connectivity index (χ3n) is 5.55. The minimum Gasteiger partial charge on any atom is -0.349 e. The Morgan fingerprint density at radius 1 is 1.11 bits per heavy atom. The maximum Gasteiger partial charge on any atom is 0.223 e. The van der Waals surface area contributed by atoms with E-state index in [0.717, 1.165) is 44.5 Å². The van der Waals surface area contributed by atoms with Crippen LogP contribution in [0.25, 0.3) is 0 Å². The quantitative estimate of drug-likeness (QED) is 0.644. The SMILES string of the molecule is CC[C@H](NC(=O)C1CCN(Cc2ccc(Cl)c(Cl)c2)CC1)c1ccc(C)cc1. The molecule has 2 aromatic carbocycles. The van der Waals surface area contributed by atoms with E-state index in [9.17, 15) is 4.79 Å². The van der Waals surface area contributed by atoms with E-state index in [2.05, 4.69) is 48.3 Å². The third-order valence-corrected chi connectivity index (χ3v) is 6.29. The Morgan fingerprint density at radius 2 is 1.79 bits per heavy atom. The van der Waals surface area contributed by atoms with Gasteiger partial charge in [-0.25, -0.2) is 0 Å². The Bertz CT molecular complexity index is 799. The number of rotatable bonds is 6. The van der Waals surface area contributed by atoms with Crippen molar-refractivity contribution in [1.29, 1.82) is 0 Å². The van der Waals surface area contributed by atoms with Gasteiger partial charge in [-0.1, -0.05) is 66.0 Å². The topological polar surface area (TPSA) is 32.3 Å². The van der Waals surface area contributed by atoms with Crippen molar-refractivity contribution in [3.63, 3.8) is 0 Å². The van der Waals surface area contributed by atoms with Crippen molar-refractivity contribution >= 4 is 29.1 Å². The number of aryl methyl sites for hydroxylation is 1. The van der Waals surface area contributed by atoms with Gasteiger partial charge in [0.1, 0.15) is 0 Å². The van der Waals surface area contributed by atoms with E-state index in [0.29, 0.717) is 10.0 Å². The number of hydrogen-bond donors (Lipinski definition) is 1. The van der Waals surface area contributed by atoms with Crippen molar-refractivity contribution in [2.45, 2.75) is 45.7 Å². The maximum atomic E-state index is 12.8. The molecule has 1 atom stereocenters. The molecule has 0 aromatic heterocycles. The Hall–Kier alpha value is -1.55. The fraction of sp³-hybridized carbons (Fsp3) is 0.435. The van der Waals surface area contributed by atoms with Crippen molar-refractivity contribution in [3.8, 4) is 0 Å². The first kappa shape index (κ1) is 21.2. The van der Waals surface area contributed by atoms with Gasteiger partial charge in [0, 0.05) is 12.5 Å². The molecule has 1 amide bonds. The summed E-state index contributed by atoms with van der Waals surface area (Å²) in [5.74, 6) is 0.270. The van der Waals surface area contributed by atoms with Gasteiger partial charge in [-0.3, -0.25) is 9.69 Å². The first-order valence-electron chi connectivity index (χ1n) is 9.99. The molecule has 1 fully saturated rings. The zero-order chi connectivity index (χ0) is 20.1. The van der Waals surface area contributed by atoms with Gasteiger partial charge in [0.25, 0.3) is 0 Å². The first-order chi connectivity index (χ1) is 13.5. The molecule has 3 rings (SSSR count). The van der Waals surface area contributed by atoms with Crippen molar-refractivity contribution in [2.75, 3.05) is 13.1 Å². The molecular formula is C23H28Cl2N2O. The summed E-state index contributed by atoms with van der Waals surface area (Å²) in [4.78, 5) is 15.2. The largest absolute Gasteiger partial charge is 0.349 e. The molecule has 2 aromatic rings. The molecule has 5 heteroatoms. The van der Waals surface area contributed by atoms with Gasteiger partial charge >= 0.3 is 0 Å². The zero-order valence-corrected chi connectivity index (χ0v) is 18.1. The molecule has 1 N–H and O–H groups in total.